The van der Waals surface area contributed by atoms with Crippen LogP contribution in [0.3, 0.4) is 0 Å². The minimum atomic E-state index is -0.0455. The number of carbonyl (C=O) groups is 1. The highest BCUT2D eigenvalue weighted by Crippen LogP contribution is 2.15. The first-order chi connectivity index (χ1) is 8.65. The fourth-order valence-corrected chi connectivity index (χ4v) is 1.65. The van der Waals surface area contributed by atoms with Gasteiger partial charge in [-0.25, -0.2) is 4.98 Å². The standard InChI is InChI=1S/C13H12ClN3O/c1-9(18)15-6-2-3-10-4-5-11-12(7-10)17-13(14)8-16-11/h2-5,7-8H,6H2,1H3,(H,15,18). The van der Waals surface area contributed by atoms with E-state index in [9.17, 15) is 4.79 Å². The third kappa shape index (κ3) is 3.28. The summed E-state index contributed by atoms with van der Waals surface area (Å²) in [5.74, 6) is -0.0455. The van der Waals surface area contributed by atoms with Crippen LogP contribution in [0.1, 0.15) is 12.5 Å². The van der Waals surface area contributed by atoms with Gasteiger partial charge in [0.15, 0.2) is 0 Å². The Morgan fingerprint density at radius 3 is 3.06 bits per heavy atom. The molecule has 0 fully saturated rings. The predicted molar refractivity (Wildman–Crippen MR) is 72.3 cm³/mol. The zero-order valence-corrected chi connectivity index (χ0v) is 10.6. The monoisotopic (exact) mass is 261 g/mol. The highest BCUT2D eigenvalue weighted by molar-refractivity contribution is 6.29. The Hall–Kier alpha value is -1.94. The van der Waals surface area contributed by atoms with Crippen molar-refractivity contribution in [3.05, 3.63) is 41.2 Å². The first kappa shape index (κ1) is 12.5. The molecule has 0 bridgehead atoms. The van der Waals surface area contributed by atoms with Crippen molar-refractivity contribution in [2.45, 2.75) is 6.92 Å². The smallest absolute Gasteiger partial charge is 0.217 e. The van der Waals surface area contributed by atoms with Crippen LogP contribution in [-0.2, 0) is 4.79 Å². The first-order valence-corrected chi connectivity index (χ1v) is 5.86. The predicted octanol–water partition coefficient (Wildman–Crippen LogP) is 2.43. The van der Waals surface area contributed by atoms with Crippen molar-refractivity contribution in [1.29, 1.82) is 0 Å². The Balaban J connectivity index is 2.16. The van der Waals surface area contributed by atoms with E-state index in [0.717, 1.165) is 16.6 Å². The Kier molecular flexibility index (Phi) is 3.89. The molecule has 4 nitrogen and oxygen atoms in total. The maximum Gasteiger partial charge on any atom is 0.217 e. The number of fused-ring (bicyclic) bond motifs is 1. The molecule has 2 rings (SSSR count). The molecule has 0 saturated heterocycles. The molecule has 1 heterocycles. The van der Waals surface area contributed by atoms with Gasteiger partial charge in [-0.05, 0) is 17.7 Å². The molecule has 1 N–H and O–H groups in total. The topological polar surface area (TPSA) is 54.9 Å². The number of hydrogen-bond donors (Lipinski definition) is 1. The van der Waals surface area contributed by atoms with Crippen molar-refractivity contribution in [2.75, 3.05) is 6.54 Å². The number of benzene rings is 1. The molecule has 0 saturated carbocycles. The summed E-state index contributed by atoms with van der Waals surface area (Å²) in [7, 11) is 0. The van der Waals surface area contributed by atoms with Crippen molar-refractivity contribution in [3.8, 4) is 0 Å². The SMILES string of the molecule is CC(=O)NCC=Cc1ccc2ncc(Cl)nc2c1. The highest BCUT2D eigenvalue weighted by atomic mass is 35.5. The van der Waals surface area contributed by atoms with E-state index in [-0.39, 0.29) is 5.91 Å². The van der Waals surface area contributed by atoms with Crippen molar-refractivity contribution < 1.29 is 4.79 Å². The van der Waals surface area contributed by atoms with E-state index in [2.05, 4.69) is 15.3 Å². The lowest BCUT2D eigenvalue weighted by molar-refractivity contribution is -0.118. The summed E-state index contributed by atoms with van der Waals surface area (Å²) >= 11 is 5.79. The molecule has 92 valence electrons. The summed E-state index contributed by atoms with van der Waals surface area (Å²) in [6.45, 7) is 2.00. The van der Waals surface area contributed by atoms with Crippen molar-refractivity contribution >= 4 is 34.6 Å². The number of amides is 1. The van der Waals surface area contributed by atoms with Gasteiger partial charge in [-0.2, -0.15) is 0 Å². The summed E-state index contributed by atoms with van der Waals surface area (Å²) in [5.41, 5.74) is 2.55. The Morgan fingerprint density at radius 1 is 1.44 bits per heavy atom. The van der Waals surface area contributed by atoms with Crippen molar-refractivity contribution in [1.82, 2.24) is 15.3 Å². The van der Waals surface area contributed by atoms with E-state index >= 15 is 0 Å². The van der Waals surface area contributed by atoms with Crippen LogP contribution in [-0.4, -0.2) is 22.4 Å². The molecule has 1 aromatic carbocycles. The van der Waals surface area contributed by atoms with E-state index in [0.29, 0.717) is 11.7 Å². The fraction of sp³-hybridized carbons (Fsp3) is 0.154. The Labute approximate surface area is 110 Å². The van der Waals surface area contributed by atoms with Gasteiger partial charge in [0, 0.05) is 13.5 Å². The van der Waals surface area contributed by atoms with Crippen LogP contribution in [0.25, 0.3) is 17.1 Å². The van der Waals surface area contributed by atoms with Crippen LogP contribution < -0.4 is 5.32 Å². The average molecular weight is 262 g/mol. The van der Waals surface area contributed by atoms with Gasteiger partial charge in [-0.3, -0.25) is 9.78 Å². The van der Waals surface area contributed by atoms with E-state index in [1.165, 1.54) is 13.1 Å². The Bertz CT molecular complexity index is 610. The lowest BCUT2D eigenvalue weighted by Crippen LogP contribution is -2.19. The van der Waals surface area contributed by atoms with Crippen LogP contribution in [0, 0.1) is 0 Å². The molecule has 1 aromatic heterocycles. The van der Waals surface area contributed by atoms with E-state index in [4.69, 9.17) is 11.6 Å². The van der Waals surface area contributed by atoms with Gasteiger partial charge in [-0.1, -0.05) is 29.8 Å². The summed E-state index contributed by atoms with van der Waals surface area (Å²) in [5, 5.41) is 3.06. The van der Waals surface area contributed by atoms with E-state index < -0.39 is 0 Å². The maximum absolute atomic E-state index is 10.7. The number of rotatable bonds is 3. The zero-order chi connectivity index (χ0) is 13.0. The van der Waals surface area contributed by atoms with Gasteiger partial charge < -0.3 is 5.32 Å². The minimum Gasteiger partial charge on any atom is -0.353 e. The molecule has 18 heavy (non-hydrogen) atoms. The van der Waals surface area contributed by atoms with Crippen LogP contribution >= 0.6 is 11.6 Å². The summed E-state index contributed by atoms with van der Waals surface area (Å²) in [6.07, 6.45) is 5.31. The van der Waals surface area contributed by atoms with Gasteiger partial charge in [0.25, 0.3) is 0 Å². The van der Waals surface area contributed by atoms with Gasteiger partial charge >= 0.3 is 0 Å². The lowest BCUT2D eigenvalue weighted by atomic mass is 10.2. The Morgan fingerprint density at radius 2 is 2.28 bits per heavy atom. The first-order valence-electron chi connectivity index (χ1n) is 5.48. The number of aromatic nitrogens is 2. The van der Waals surface area contributed by atoms with Gasteiger partial charge in [0.1, 0.15) is 5.15 Å². The third-order valence-corrected chi connectivity index (χ3v) is 2.50. The quantitative estimate of drug-likeness (QED) is 0.923. The third-order valence-electron chi connectivity index (χ3n) is 2.32. The molecule has 2 aromatic rings. The number of halogens is 1. The van der Waals surface area contributed by atoms with Gasteiger partial charge in [0.2, 0.25) is 5.91 Å². The molecular formula is C13H12ClN3O. The summed E-state index contributed by atoms with van der Waals surface area (Å²) in [6, 6.07) is 5.73. The molecule has 0 aliphatic rings. The highest BCUT2D eigenvalue weighted by Gasteiger charge is 1.98. The molecule has 0 spiro atoms. The van der Waals surface area contributed by atoms with Crippen LogP contribution in [0.4, 0.5) is 0 Å². The van der Waals surface area contributed by atoms with Gasteiger partial charge in [-0.15, -0.1) is 0 Å². The van der Waals surface area contributed by atoms with Crippen LogP contribution in [0.5, 0.6) is 0 Å². The molecule has 5 heteroatoms. The van der Waals surface area contributed by atoms with E-state index in [1.54, 1.807) is 0 Å². The van der Waals surface area contributed by atoms with Crippen LogP contribution in [0.2, 0.25) is 5.15 Å². The summed E-state index contributed by atoms with van der Waals surface area (Å²) in [4.78, 5) is 19.0. The second-order valence-corrected chi connectivity index (χ2v) is 4.17. The molecular weight excluding hydrogens is 250 g/mol. The largest absolute Gasteiger partial charge is 0.353 e. The maximum atomic E-state index is 10.7. The summed E-state index contributed by atoms with van der Waals surface area (Å²) < 4.78 is 0. The van der Waals surface area contributed by atoms with Crippen molar-refractivity contribution in [3.63, 3.8) is 0 Å². The van der Waals surface area contributed by atoms with Crippen LogP contribution in [0.15, 0.2) is 30.5 Å². The number of nitrogens with zero attached hydrogens (tertiary/aromatic N) is 2. The van der Waals surface area contributed by atoms with Crippen molar-refractivity contribution in [2.24, 2.45) is 0 Å². The molecule has 0 atom stereocenters. The normalized spacial score (nSPS) is 11.0. The lowest BCUT2D eigenvalue weighted by Gasteiger charge is -1.99. The molecule has 0 aliphatic carbocycles. The number of nitrogens with one attached hydrogen (secondary N) is 1. The second kappa shape index (κ2) is 5.60. The molecule has 0 radical (unpaired) electrons. The van der Waals surface area contributed by atoms with E-state index in [1.807, 2.05) is 30.4 Å². The zero-order valence-electron chi connectivity index (χ0n) is 9.85. The second-order valence-electron chi connectivity index (χ2n) is 3.78. The minimum absolute atomic E-state index is 0.0455. The number of hydrogen-bond acceptors (Lipinski definition) is 3. The molecule has 0 aliphatic heterocycles. The average Bonchev–Trinajstić information content (AvgIpc) is 2.34. The number of carbonyl (C=O) groups excluding carboxylic acids is 1. The molecule has 1 amide bonds. The molecule has 0 unspecified atom stereocenters. The van der Waals surface area contributed by atoms with Gasteiger partial charge in [0.05, 0.1) is 17.2 Å². The fourth-order valence-electron chi connectivity index (χ4n) is 1.51.